The van der Waals surface area contributed by atoms with Gasteiger partial charge in [-0.3, -0.25) is 10.7 Å². The zero-order chi connectivity index (χ0) is 13.7. The summed E-state index contributed by atoms with van der Waals surface area (Å²) in [5.74, 6) is 1.09. The van der Waals surface area contributed by atoms with Gasteiger partial charge in [-0.05, 0) is 12.1 Å². The minimum Gasteiger partial charge on any atom is -0.493 e. The van der Waals surface area contributed by atoms with Crippen LogP contribution in [0.5, 0.6) is 11.5 Å². The Morgan fingerprint density at radius 3 is 2.95 bits per heavy atom. The van der Waals surface area contributed by atoms with E-state index in [1.54, 1.807) is 23.1 Å². The molecule has 1 aliphatic heterocycles. The van der Waals surface area contributed by atoms with E-state index in [1.807, 2.05) is 5.48 Å². The number of methoxy groups -OCH3 is 1. The van der Waals surface area contributed by atoms with E-state index in [0.717, 1.165) is 0 Å². The van der Waals surface area contributed by atoms with Crippen molar-refractivity contribution < 1.29 is 19.5 Å². The number of nitrogens with one attached hydrogen (secondary N) is 2. The minimum absolute atomic E-state index is 0.0598. The predicted molar refractivity (Wildman–Crippen MR) is 68.9 cm³/mol. The zero-order valence-corrected chi connectivity index (χ0v) is 10.7. The topological polar surface area (TPSA) is 83.1 Å². The van der Waals surface area contributed by atoms with Crippen LogP contribution in [0.4, 0.5) is 10.5 Å². The first-order chi connectivity index (χ1) is 9.24. The number of carbonyl (C=O) groups is 1. The van der Waals surface area contributed by atoms with Crippen LogP contribution in [0.1, 0.15) is 0 Å². The summed E-state index contributed by atoms with van der Waals surface area (Å²) < 4.78 is 10.7. The Balaban J connectivity index is 1.90. The largest absolute Gasteiger partial charge is 0.493 e. The number of urea groups is 1. The van der Waals surface area contributed by atoms with Crippen molar-refractivity contribution in [2.45, 2.75) is 0 Å². The van der Waals surface area contributed by atoms with Crippen molar-refractivity contribution in [1.82, 2.24) is 10.2 Å². The first kappa shape index (κ1) is 13.3. The average Bonchev–Trinajstić information content (AvgIpc) is 2.84. The smallest absolute Gasteiger partial charge is 0.317 e. The van der Waals surface area contributed by atoms with Gasteiger partial charge in [0.25, 0.3) is 0 Å². The molecule has 0 radical (unpaired) electrons. The van der Waals surface area contributed by atoms with E-state index in [4.69, 9.17) is 14.7 Å². The van der Waals surface area contributed by atoms with Gasteiger partial charge < -0.3 is 19.7 Å². The molecular formula is C12H17N3O4. The van der Waals surface area contributed by atoms with Crippen molar-refractivity contribution in [2.75, 3.05) is 38.8 Å². The molecule has 3 N–H and O–H groups in total. The molecule has 1 heterocycles. The Bertz CT molecular complexity index is 453. The van der Waals surface area contributed by atoms with Gasteiger partial charge in [0.05, 0.1) is 19.3 Å². The highest BCUT2D eigenvalue weighted by Gasteiger charge is 2.18. The molecule has 1 aliphatic rings. The highest BCUT2D eigenvalue weighted by atomic mass is 16.5. The van der Waals surface area contributed by atoms with Gasteiger partial charge in [0, 0.05) is 19.2 Å². The number of carbonyl (C=O) groups excluding carboxylic acids is 1. The average molecular weight is 267 g/mol. The maximum atomic E-state index is 11.3. The standard InChI is InChI=1S/C12H17N3O4/c1-18-11-8-9(14-17)2-3-10(11)19-7-6-15-5-4-13-12(15)16/h2-3,8,14,17H,4-7H2,1H3,(H,13,16). The molecule has 0 bridgehead atoms. The van der Waals surface area contributed by atoms with Crippen LogP contribution in [0.3, 0.4) is 0 Å². The fourth-order valence-electron chi connectivity index (χ4n) is 1.85. The second-order valence-corrected chi connectivity index (χ2v) is 4.04. The molecule has 0 unspecified atom stereocenters. The van der Waals surface area contributed by atoms with Crippen LogP contribution in [0, 0.1) is 0 Å². The van der Waals surface area contributed by atoms with Crippen LogP contribution < -0.4 is 20.3 Å². The monoisotopic (exact) mass is 267 g/mol. The SMILES string of the molecule is COc1cc(NO)ccc1OCCN1CCNC1=O. The summed E-state index contributed by atoms with van der Waals surface area (Å²) in [6.45, 7) is 2.29. The third-order valence-electron chi connectivity index (χ3n) is 2.86. The fourth-order valence-corrected chi connectivity index (χ4v) is 1.85. The highest BCUT2D eigenvalue weighted by molar-refractivity contribution is 5.76. The molecule has 7 nitrogen and oxygen atoms in total. The third-order valence-corrected chi connectivity index (χ3v) is 2.86. The Labute approximate surface area is 111 Å². The van der Waals surface area contributed by atoms with E-state index < -0.39 is 0 Å². The Morgan fingerprint density at radius 1 is 1.47 bits per heavy atom. The molecule has 0 saturated carbocycles. The molecule has 19 heavy (non-hydrogen) atoms. The molecule has 0 atom stereocenters. The Kier molecular flexibility index (Phi) is 4.30. The van der Waals surface area contributed by atoms with Crippen LogP contribution in [-0.2, 0) is 0 Å². The zero-order valence-electron chi connectivity index (χ0n) is 10.7. The maximum Gasteiger partial charge on any atom is 0.317 e. The van der Waals surface area contributed by atoms with E-state index in [0.29, 0.717) is 43.4 Å². The Hall–Kier alpha value is -2.15. The van der Waals surface area contributed by atoms with Gasteiger partial charge in [-0.1, -0.05) is 0 Å². The number of nitrogens with zero attached hydrogens (tertiary/aromatic N) is 1. The lowest BCUT2D eigenvalue weighted by molar-refractivity contribution is 0.201. The van der Waals surface area contributed by atoms with Gasteiger partial charge in [-0.15, -0.1) is 0 Å². The van der Waals surface area contributed by atoms with Gasteiger partial charge in [-0.2, -0.15) is 0 Å². The van der Waals surface area contributed by atoms with E-state index in [2.05, 4.69) is 5.32 Å². The van der Waals surface area contributed by atoms with Crippen LogP contribution in [0.2, 0.25) is 0 Å². The summed E-state index contributed by atoms with van der Waals surface area (Å²) in [6, 6.07) is 4.93. The van der Waals surface area contributed by atoms with E-state index in [1.165, 1.54) is 7.11 Å². The molecule has 1 saturated heterocycles. The second-order valence-electron chi connectivity index (χ2n) is 4.04. The van der Waals surface area contributed by atoms with Crippen molar-refractivity contribution in [3.63, 3.8) is 0 Å². The predicted octanol–water partition coefficient (Wildman–Crippen LogP) is 0.900. The molecule has 1 aromatic carbocycles. The number of anilines is 1. The third kappa shape index (κ3) is 3.19. The molecule has 2 rings (SSSR count). The number of rotatable bonds is 6. The van der Waals surface area contributed by atoms with Crippen LogP contribution in [0.15, 0.2) is 18.2 Å². The first-order valence-electron chi connectivity index (χ1n) is 5.98. The summed E-state index contributed by atoms with van der Waals surface area (Å²) >= 11 is 0. The van der Waals surface area contributed by atoms with Crippen molar-refractivity contribution in [3.05, 3.63) is 18.2 Å². The number of hydrogen-bond acceptors (Lipinski definition) is 5. The number of amides is 2. The van der Waals surface area contributed by atoms with Crippen molar-refractivity contribution in [1.29, 1.82) is 0 Å². The summed E-state index contributed by atoms with van der Waals surface area (Å²) in [5.41, 5.74) is 2.56. The molecule has 2 amide bonds. The van der Waals surface area contributed by atoms with Gasteiger partial charge >= 0.3 is 6.03 Å². The molecular weight excluding hydrogens is 250 g/mol. The van der Waals surface area contributed by atoms with Crippen molar-refractivity contribution in [2.24, 2.45) is 0 Å². The second kappa shape index (κ2) is 6.14. The van der Waals surface area contributed by atoms with E-state index in [9.17, 15) is 4.79 Å². The van der Waals surface area contributed by atoms with Crippen molar-refractivity contribution >= 4 is 11.7 Å². The molecule has 0 aromatic heterocycles. The van der Waals surface area contributed by atoms with Crippen LogP contribution in [0.25, 0.3) is 0 Å². The number of hydrogen-bond donors (Lipinski definition) is 3. The lowest BCUT2D eigenvalue weighted by atomic mass is 10.3. The lowest BCUT2D eigenvalue weighted by Crippen LogP contribution is -2.31. The quantitative estimate of drug-likeness (QED) is 0.667. The summed E-state index contributed by atoms with van der Waals surface area (Å²) in [5, 5.41) is 11.5. The highest BCUT2D eigenvalue weighted by Crippen LogP contribution is 2.29. The van der Waals surface area contributed by atoms with Gasteiger partial charge in [0.2, 0.25) is 0 Å². The summed E-state index contributed by atoms with van der Waals surface area (Å²) in [7, 11) is 1.53. The first-order valence-corrected chi connectivity index (χ1v) is 5.98. The van der Waals surface area contributed by atoms with Gasteiger partial charge in [-0.25, -0.2) is 4.79 Å². The fraction of sp³-hybridized carbons (Fsp3) is 0.417. The normalized spacial score (nSPS) is 14.2. The Morgan fingerprint density at radius 2 is 2.32 bits per heavy atom. The number of benzene rings is 1. The number of ether oxygens (including phenoxy) is 2. The van der Waals surface area contributed by atoms with E-state index >= 15 is 0 Å². The molecule has 1 fully saturated rings. The molecule has 7 heteroatoms. The maximum absolute atomic E-state index is 11.3. The lowest BCUT2D eigenvalue weighted by Gasteiger charge is -2.16. The molecule has 0 aliphatic carbocycles. The van der Waals surface area contributed by atoms with Gasteiger partial charge in [0.15, 0.2) is 11.5 Å². The molecule has 0 spiro atoms. The summed E-state index contributed by atoms with van der Waals surface area (Å²) in [4.78, 5) is 13.0. The van der Waals surface area contributed by atoms with E-state index in [-0.39, 0.29) is 6.03 Å². The molecule has 1 aromatic rings. The van der Waals surface area contributed by atoms with Crippen molar-refractivity contribution in [3.8, 4) is 11.5 Å². The summed E-state index contributed by atoms with van der Waals surface area (Å²) in [6.07, 6.45) is 0. The minimum atomic E-state index is -0.0598. The van der Waals surface area contributed by atoms with Gasteiger partial charge in [0.1, 0.15) is 6.61 Å². The van der Waals surface area contributed by atoms with Crippen LogP contribution >= 0.6 is 0 Å². The van der Waals surface area contributed by atoms with Crippen LogP contribution in [-0.4, -0.2) is 49.5 Å². The molecule has 104 valence electrons.